The van der Waals surface area contributed by atoms with Crippen LogP contribution in [0.2, 0.25) is 0 Å². The van der Waals surface area contributed by atoms with E-state index in [-0.39, 0.29) is 12.5 Å². The van der Waals surface area contributed by atoms with E-state index in [1.54, 1.807) is 0 Å². The number of carbonyl (C=O) groups excluding carboxylic acids is 1. The average Bonchev–Trinajstić information content (AvgIpc) is 3.31. The average molecular weight is 921 g/mol. The summed E-state index contributed by atoms with van der Waals surface area (Å²) in [7, 11) is 0. The van der Waals surface area contributed by atoms with Gasteiger partial charge < -0.3 is 20.6 Å². The van der Waals surface area contributed by atoms with Gasteiger partial charge >= 0.3 is 0 Å². The zero-order chi connectivity index (χ0) is 47.2. The van der Waals surface area contributed by atoms with Crippen LogP contribution in [0.15, 0.2) is 0 Å². The van der Waals surface area contributed by atoms with Crippen molar-refractivity contribution in [2.24, 2.45) is 0 Å². The summed E-state index contributed by atoms with van der Waals surface area (Å²) in [6, 6.07) is -0.803. The number of carbonyl (C=O) groups is 1. The molecule has 0 aliphatic carbocycles. The van der Waals surface area contributed by atoms with E-state index >= 15 is 0 Å². The van der Waals surface area contributed by atoms with E-state index in [4.69, 9.17) is 0 Å². The minimum absolute atomic E-state index is 0.137. The van der Waals surface area contributed by atoms with Crippen LogP contribution < -0.4 is 5.32 Å². The summed E-state index contributed by atoms with van der Waals surface area (Å²) in [6.07, 6.45) is 68.8. The largest absolute Gasteiger partial charge is 0.394 e. The van der Waals surface area contributed by atoms with Gasteiger partial charge in [-0.15, -0.1) is 0 Å². The summed E-state index contributed by atoms with van der Waals surface area (Å²) in [5, 5.41) is 33.6. The van der Waals surface area contributed by atoms with Crippen molar-refractivity contribution in [1.82, 2.24) is 5.32 Å². The maximum atomic E-state index is 12.5. The molecule has 0 bridgehead atoms. The van der Waals surface area contributed by atoms with Crippen LogP contribution in [0.3, 0.4) is 0 Å². The number of amides is 1. The lowest BCUT2D eigenvalue weighted by Crippen LogP contribution is -2.50. The van der Waals surface area contributed by atoms with Crippen molar-refractivity contribution >= 4 is 5.91 Å². The van der Waals surface area contributed by atoms with Gasteiger partial charge in [0.05, 0.1) is 18.8 Å². The van der Waals surface area contributed by atoms with Gasteiger partial charge in [0, 0.05) is 6.42 Å². The predicted octanol–water partition coefficient (Wildman–Crippen LogP) is 18.9. The summed E-state index contributed by atoms with van der Waals surface area (Å²) in [5.41, 5.74) is 0. The number of nitrogens with one attached hydrogen (secondary N) is 1. The third-order valence-corrected chi connectivity index (χ3v) is 14.7. The topological polar surface area (TPSA) is 89.8 Å². The number of hydrogen-bond acceptors (Lipinski definition) is 4. The molecule has 0 aliphatic heterocycles. The van der Waals surface area contributed by atoms with Gasteiger partial charge in [-0.1, -0.05) is 335 Å². The molecule has 0 saturated heterocycles. The Balaban J connectivity index is 3.36. The highest BCUT2D eigenvalue weighted by molar-refractivity contribution is 5.76. The van der Waals surface area contributed by atoms with Gasteiger partial charge in [-0.05, 0) is 12.8 Å². The molecule has 390 valence electrons. The van der Waals surface area contributed by atoms with E-state index in [0.717, 1.165) is 32.1 Å². The number of rotatable bonds is 57. The first-order chi connectivity index (χ1) is 32.1. The lowest BCUT2D eigenvalue weighted by atomic mass is 9.99. The van der Waals surface area contributed by atoms with Crippen molar-refractivity contribution in [2.75, 3.05) is 6.61 Å². The highest BCUT2D eigenvalue weighted by atomic mass is 16.3. The number of aliphatic hydroxyl groups is 3. The van der Waals surface area contributed by atoms with Gasteiger partial charge in [-0.2, -0.15) is 0 Å². The van der Waals surface area contributed by atoms with E-state index in [0.29, 0.717) is 12.8 Å². The van der Waals surface area contributed by atoms with Gasteiger partial charge in [0.1, 0.15) is 6.10 Å². The minimum Gasteiger partial charge on any atom is -0.394 e. The minimum atomic E-state index is -1.13. The Labute approximate surface area is 408 Å². The molecule has 0 aromatic heterocycles. The first kappa shape index (κ1) is 64.3. The second kappa shape index (κ2) is 55.9. The van der Waals surface area contributed by atoms with Gasteiger partial charge in [0.25, 0.3) is 0 Å². The molecule has 4 N–H and O–H groups in total. The van der Waals surface area contributed by atoms with Crippen molar-refractivity contribution in [1.29, 1.82) is 0 Å². The molecule has 5 nitrogen and oxygen atoms in total. The molecule has 0 spiro atoms. The van der Waals surface area contributed by atoms with E-state index < -0.39 is 18.2 Å². The quantitative estimate of drug-likeness (QED) is 0.0458. The summed E-state index contributed by atoms with van der Waals surface area (Å²) < 4.78 is 0. The van der Waals surface area contributed by atoms with Crippen LogP contribution in [-0.2, 0) is 4.79 Å². The van der Waals surface area contributed by atoms with Crippen molar-refractivity contribution in [3.8, 4) is 0 Å². The van der Waals surface area contributed by atoms with Gasteiger partial charge in [-0.3, -0.25) is 4.79 Å². The van der Waals surface area contributed by atoms with Gasteiger partial charge in [0.2, 0.25) is 5.91 Å². The van der Waals surface area contributed by atoms with E-state index in [9.17, 15) is 20.1 Å². The van der Waals surface area contributed by atoms with E-state index in [1.165, 1.54) is 295 Å². The molecule has 0 aliphatic rings. The van der Waals surface area contributed by atoms with Crippen molar-refractivity contribution < 1.29 is 20.1 Å². The van der Waals surface area contributed by atoms with Gasteiger partial charge in [0.15, 0.2) is 0 Å². The molecule has 65 heavy (non-hydrogen) atoms. The first-order valence-electron chi connectivity index (χ1n) is 30.3. The van der Waals surface area contributed by atoms with E-state index in [1.807, 2.05) is 0 Å². The van der Waals surface area contributed by atoms with Crippen LogP contribution >= 0.6 is 0 Å². The maximum Gasteiger partial charge on any atom is 0.220 e. The second-order valence-electron chi connectivity index (χ2n) is 21.3. The Bertz CT molecular complexity index is 883. The van der Waals surface area contributed by atoms with Gasteiger partial charge in [-0.25, -0.2) is 0 Å². The summed E-state index contributed by atoms with van der Waals surface area (Å²) in [4.78, 5) is 12.5. The lowest BCUT2D eigenvalue weighted by molar-refractivity contribution is -0.124. The molecule has 3 unspecified atom stereocenters. The smallest absolute Gasteiger partial charge is 0.220 e. The van der Waals surface area contributed by atoms with Crippen LogP contribution in [0.5, 0.6) is 0 Å². The molecular formula is C60H121NO4. The first-order valence-corrected chi connectivity index (χ1v) is 30.3. The highest BCUT2D eigenvalue weighted by Gasteiger charge is 2.26. The third-order valence-electron chi connectivity index (χ3n) is 14.7. The Morgan fingerprint density at radius 3 is 0.738 bits per heavy atom. The molecule has 3 atom stereocenters. The molecule has 0 aromatic rings. The second-order valence-corrected chi connectivity index (χ2v) is 21.3. The zero-order valence-corrected chi connectivity index (χ0v) is 44.7. The Morgan fingerprint density at radius 2 is 0.523 bits per heavy atom. The summed E-state index contributed by atoms with van der Waals surface area (Å²) >= 11 is 0. The van der Waals surface area contributed by atoms with Crippen LogP contribution in [-0.4, -0.2) is 46.1 Å². The normalized spacial score (nSPS) is 13.1. The molecule has 0 saturated carbocycles. The van der Waals surface area contributed by atoms with Crippen molar-refractivity contribution in [3.05, 3.63) is 0 Å². The molecule has 0 radical (unpaired) electrons. The van der Waals surface area contributed by atoms with Crippen molar-refractivity contribution in [2.45, 2.75) is 372 Å². The molecule has 0 fully saturated rings. The molecule has 0 rings (SSSR count). The Kier molecular flexibility index (Phi) is 55.4. The fraction of sp³-hybridized carbons (Fsp3) is 0.983. The number of hydrogen-bond donors (Lipinski definition) is 4. The third kappa shape index (κ3) is 51.0. The Hall–Kier alpha value is -0.650. The Morgan fingerprint density at radius 1 is 0.323 bits per heavy atom. The van der Waals surface area contributed by atoms with Crippen LogP contribution in [0, 0.1) is 0 Å². The zero-order valence-electron chi connectivity index (χ0n) is 44.7. The SMILES string of the molecule is CCCCCCCCCCCCCCCCCCCCCCCCCCCCCCCCCCCCCCCCCC(=O)NC(CO)C(O)C(O)CCCCCCCCCCCCCC. The van der Waals surface area contributed by atoms with Crippen LogP contribution in [0.1, 0.15) is 354 Å². The summed E-state index contributed by atoms with van der Waals surface area (Å²) in [5.74, 6) is -0.137. The molecule has 1 amide bonds. The van der Waals surface area contributed by atoms with Crippen LogP contribution in [0.4, 0.5) is 0 Å². The molecule has 0 heterocycles. The standard InChI is InChI=1S/C60H121NO4/c1-3-5-7-9-11-13-15-17-18-19-20-21-22-23-24-25-26-27-28-29-30-31-32-33-34-35-36-37-38-39-40-41-42-43-45-47-49-51-53-55-59(64)61-57(56-62)60(65)58(63)54-52-50-48-46-44-16-14-12-10-8-6-4-2/h57-58,60,62-63,65H,3-56H2,1-2H3,(H,61,64). The fourth-order valence-electron chi connectivity index (χ4n) is 10.1. The summed E-state index contributed by atoms with van der Waals surface area (Å²) in [6.45, 7) is 4.21. The van der Waals surface area contributed by atoms with Crippen LogP contribution in [0.25, 0.3) is 0 Å². The maximum absolute atomic E-state index is 12.5. The number of unbranched alkanes of at least 4 members (excludes halogenated alkanes) is 49. The number of aliphatic hydroxyl groups excluding tert-OH is 3. The monoisotopic (exact) mass is 920 g/mol. The lowest BCUT2D eigenvalue weighted by Gasteiger charge is -2.26. The van der Waals surface area contributed by atoms with E-state index in [2.05, 4.69) is 19.2 Å². The predicted molar refractivity (Wildman–Crippen MR) is 287 cm³/mol. The highest BCUT2D eigenvalue weighted by Crippen LogP contribution is 2.19. The van der Waals surface area contributed by atoms with Crippen molar-refractivity contribution in [3.63, 3.8) is 0 Å². The fourth-order valence-corrected chi connectivity index (χ4v) is 10.1. The molecule has 0 aromatic carbocycles. The molecular weight excluding hydrogens is 799 g/mol. The molecule has 5 heteroatoms.